The van der Waals surface area contributed by atoms with E-state index >= 15 is 0 Å². The molecular weight excluding hydrogens is 234 g/mol. The molecule has 0 aliphatic rings. The number of H-pyrrole nitrogens is 2. The molecule has 2 rings (SSSR count). The number of imidazole rings is 1. The third kappa shape index (κ3) is 2.98. The van der Waals surface area contributed by atoms with Crippen LogP contribution in [0.1, 0.15) is 5.56 Å². The van der Waals surface area contributed by atoms with Gasteiger partial charge in [0.05, 0.1) is 24.1 Å². The van der Waals surface area contributed by atoms with Crippen LogP contribution in [0, 0.1) is 0 Å². The van der Waals surface area contributed by atoms with Crippen LogP contribution in [0.4, 0.5) is 0 Å². The van der Waals surface area contributed by atoms with Crippen LogP contribution in [0.2, 0.25) is 0 Å². The maximum absolute atomic E-state index is 11.6. The van der Waals surface area contributed by atoms with E-state index in [0.29, 0.717) is 18.7 Å². The van der Waals surface area contributed by atoms with Crippen molar-refractivity contribution in [1.82, 2.24) is 15.3 Å². The monoisotopic (exact) mass is 249 g/mol. The lowest BCUT2D eigenvalue weighted by Gasteiger charge is -2.04. The second-order valence-electron chi connectivity index (χ2n) is 3.98. The van der Waals surface area contributed by atoms with E-state index in [-0.39, 0.29) is 18.0 Å². The third-order valence-corrected chi connectivity index (χ3v) is 2.57. The van der Waals surface area contributed by atoms with Crippen LogP contribution in [-0.4, -0.2) is 36.1 Å². The van der Waals surface area contributed by atoms with E-state index in [0.717, 1.165) is 11.1 Å². The summed E-state index contributed by atoms with van der Waals surface area (Å²) in [4.78, 5) is 28.0. The Morgan fingerprint density at radius 2 is 2.11 bits per heavy atom. The molecule has 0 aliphatic carbocycles. The zero-order valence-corrected chi connectivity index (χ0v) is 10.1. The minimum atomic E-state index is -0.244. The van der Waals surface area contributed by atoms with Gasteiger partial charge in [-0.15, -0.1) is 0 Å². The molecule has 2 aromatic rings. The van der Waals surface area contributed by atoms with Crippen molar-refractivity contribution >= 4 is 16.9 Å². The smallest absolute Gasteiger partial charge is 0.323 e. The Labute approximate surface area is 103 Å². The molecule has 0 radical (unpaired) electrons. The standard InChI is InChI=1S/C12H15N3O3/c1-18-5-4-13-11(16)7-8-2-3-9-10(6-8)15-12(17)14-9/h2-3,6H,4-5,7H2,1H3,(H,13,16)(H2,14,15,17). The number of hydrogen-bond acceptors (Lipinski definition) is 3. The first-order valence-electron chi connectivity index (χ1n) is 5.65. The van der Waals surface area contributed by atoms with Gasteiger partial charge >= 0.3 is 5.69 Å². The fraction of sp³-hybridized carbons (Fsp3) is 0.333. The summed E-state index contributed by atoms with van der Waals surface area (Å²) >= 11 is 0. The maximum atomic E-state index is 11.6. The summed E-state index contributed by atoms with van der Waals surface area (Å²) in [6, 6.07) is 5.40. The van der Waals surface area contributed by atoms with Crippen molar-refractivity contribution in [3.63, 3.8) is 0 Å². The predicted octanol–water partition coefficient (Wildman–Crippen LogP) is 0.161. The molecule has 1 aromatic heterocycles. The molecule has 6 nitrogen and oxygen atoms in total. The molecule has 3 N–H and O–H groups in total. The first-order valence-corrected chi connectivity index (χ1v) is 5.65. The van der Waals surface area contributed by atoms with E-state index in [1.807, 2.05) is 6.07 Å². The SMILES string of the molecule is COCCNC(=O)Cc1ccc2[nH]c(=O)[nH]c2c1. The second kappa shape index (κ2) is 5.50. The number of aromatic nitrogens is 2. The van der Waals surface area contributed by atoms with Gasteiger partial charge in [-0.3, -0.25) is 4.79 Å². The van der Waals surface area contributed by atoms with E-state index in [1.165, 1.54) is 0 Å². The maximum Gasteiger partial charge on any atom is 0.323 e. The Balaban J connectivity index is 2.02. The number of aromatic amines is 2. The third-order valence-electron chi connectivity index (χ3n) is 2.57. The highest BCUT2D eigenvalue weighted by Gasteiger charge is 2.05. The molecule has 0 aliphatic heterocycles. The quantitative estimate of drug-likeness (QED) is 0.660. The molecule has 1 heterocycles. The summed E-state index contributed by atoms with van der Waals surface area (Å²) in [5.41, 5.74) is 2.06. The van der Waals surface area contributed by atoms with Gasteiger partial charge in [0.2, 0.25) is 5.91 Å². The lowest BCUT2D eigenvalue weighted by atomic mass is 10.1. The Morgan fingerprint density at radius 1 is 1.33 bits per heavy atom. The highest BCUT2D eigenvalue weighted by Crippen LogP contribution is 2.10. The number of carbonyl (C=O) groups is 1. The Bertz CT molecular complexity index is 600. The molecule has 96 valence electrons. The zero-order chi connectivity index (χ0) is 13.0. The highest BCUT2D eigenvalue weighted by atomic mass is 16.5. The first kappa shape index (κ1) is 12.4. The van der Waals surface area contributed by atoms with Crippen molar-refractivity contribution < 1.29 is 9.53 Å². The van der Waals surface area contributed by atoms with Crippen molar-refractivity contribution in [1.29, 1.82) is 0 Å². The van der Waals surface area contributed by atoms with Crippen molar-refractivity contribution in [2.75, 3.05) is 20.3 Å². The number of hydrogen-bond donors (Lipinski definition) is 3. The summed E-state index contributed by atoms with van der Waals surface area (Å²) in [6.45, 7) is 0.995. The molecule has 0 spiro atoms. The molecule has 0 saturated carbocycles. The topological polar surface area (TPSA) is 87.0 Å². The van der Waals surface area contributed by atoms with Crippen LogP contribution in [0.25, 0.3) is 11.0 Å². The molecule has 0 atom stereocenters. The van der Waals surface area contributed by atoms with Gasteiger partial charge in [0, 0.05) is 13.7 Å². The van der Waals surface area contributed by atoms with E-state index in [4.69, 9.17) is 4.74 Å². The fourth-order valence-corrected chi connectivity index (χ4v) is 1.73. The molecule has 0 fully saturated rings. The van der Waals surface area contributed by atoms with Gasteiger partial charge in [-0.05, 0) is 17.7 Å². The minimum Gasteiger partial charge on any atom is -0.383 e. The van der Waals surface area contributed by atoms with Gasteiger partial charge in [-0.2, -0.15) is 0 Å². The van der Waals surface area contributed by atoms with Crippen LogP contribution in [0.15, 0.2) is 23.0 Å². The van der Waals surface area contributed by atoms with Crippen molar-refractivity contribution in [2.24, 2.45) is 0 Å². The fourth-order valence-electron chi connectivity index (χ4n) is 1.73. The van der Waals surface area contributed by atoms with Crippen LogP contribution >= 0.6 is 0 Å². The van der Waals surface area contributed by atoms with Gasteiger partial charge in [0.25, 0.3) is 0 Å². The molecular formula is C12H15N3O3. The summed E-state index contributed by atoms with van der Waals surface area (Å²) < 4.78 is 4.84. The van der Waals surface area contributed by atoms with Crippen LogP contribution in [0.3, 0.4) is 0 Å². The lowest BCUT2D eigenvalue weighted by Crippen LogP contribution is -2.28. The highest BCUT2D eigenvalue weighted by molar-refractivity contribution is 5.81. The number of amides is 1. The second-order valence-corrected chi connectivity index (χ2v) is 3.98. The van der Waals surface area contributed by atoms with Crippen LogP contribution in [-0.2, 0) is 16.0 Å². The van der Waals surface area contributed by atoms with Gasteiger partial charge in [-0.1, -0.05) is 6.07 Å². The first-order chi connectivity index (χ1) is 8.69. The van der Waals surface area contributed by atoms with E-state index < -0.39 is 0 Å². The van der Waals surface area contributed by atoms with Gasteiger partial charge < -0.3 is 20.0 Å². The molecule has 0 saturated heterocycles. The van der Waals surface area contributed by atoms with Crippen molar-refractivity contribution in [3.8, 4) is 0 Å². The molecule has 0 unspecified atom stereocenters. The zero-order valence-electron chi connectivity index (χ0n) is 10.1. The number of carbonyl (C=O) groups excluding carboxylic acids is 1. The average Bonchev–Trinajstić information content (AvgIpc) is 2.69. The number of rotatable bonds is 5. The van der Waals surface area contributed by atoms with E-state index in [2.05, 4.69) is 15.3 Å². The largest absolute Gasteiger partial charge is 0.383 e. The lowest BCUT2D eigenvalue weighted by molar-refractivity contribution is -0.120. The number of benzene rings is 1. The molecule has 0 bridgehead atoms. The summed E-state index contributed by atoms with van der Waals surface area (Å²) in [5.74, 6) is -0.0655. The predicted molar refractivity (Wildman–Crippen MR) is 67.5 cm³/mol. The average molecular weight is 249 g/mol. The number of ether oxygens (including phenoxy) is 1. The summed E-state index contributed by atoms with van der Waals surface area (Å²) in [7, 11) is 1.59. The van der Waals surface area contributed by atoms with E-state index in [9.17, 15) is 9.59 Å². The minimum absolute atomic E-state index is 0.0655. The Hall–Kier alpha value is -2.08. The van der Waals surface area contributed by atoms with Crippen LogP contribution < -0.4 is 11.0 Å². The molecule has 6 heteroatoms. The number of nitrogens with one attached hydrogen (secondary N) is 3. The van der Waals surface area contributed by atoms with Gasteiger partial charge in [0.15, 0.2) is 0 Å². The number of methoxy groups -OCH3 is 1. The normalized spacial score (nSPS) is 10.7. The Morgan fingerprint density at radius 3 is 2.89 bits per heavy atom. The summed E-state index contributed by atoms with van der Waals surface area (Å²) in [5, 5.41) is 2.74. The van der Waals surface area contributed by atoms with Gasteiger partial charge in [-0.25, -0.2) is 4.79 Å². The van der Waals surface area contributed by atoms with Crippen LogP contribution in [0.5, 0.6) is 0 Å². The van der Waals surface area contributed by atoms with Crippen molar-refractivity contribution in [3.05, 3.63) is 34.2 Å². The number of fused-ring (bicyclic) bond motifs is 1. The van der Waals surface area contributed by atoms with E-state index in [1.54, 1.807) is 19.2 Å². The molecule has 1 amide bonds. The summed E-state index contributed by atoms with van der Waals surface area (Å²) in [6.07, 6.45) is 0.285. The Kier molecular flexibility index (Phi) is 3.78. The van der Waals surface area contributed by atoms with Crippen molar-refractivity contribution in [2.45, 2.75) is 6.42 Å². The molecule has 18 heavy (non-hydrogen) atoms. The van der Waals surface area contributed by atoms with Gasteiger partial charge in [0.1, 0.15) is 0 Å². The molecule has 1 aromatic carbocycles.